The first-order valence-electron chi connectivity index (χ1n) is 8.90. The van der Waals surface area contributed by atoms with Crippen LogP contribution in [0, 0.1) is 6.92 Å². The highest BCUT2D eigenvalue weighted by molar-refractivity contribution is 6.30. The van der Waals surface area contributed by atoms with Gasteiger partial charge in [0, 0.05) is 22.5 Å². The number of anilines is 1. The summed E-state index contributed by atoms with van der Waals surface area (Å²) in [5.74, 6) is 0.299. The molecule has 0 radical (unpaired) electrons. The van der Waals surface area contributed by atoms with Gasteiger partial charge >= 0.3 is 0 Å². The lowest BCUT2D eigenvalue weighted by atomic mass is 10.1. The van der Waals surface area contributed by atoms with Crippen LogP contribution in [0.3, 0.4) is 0 Å². The highest BCUT2D eigenvalue weighted by Crippen LogP contribution is 2.28. The summed E-state index contributed by atoms with van der Waals surface area (Å²) in [7, 11) is 0. The van der Waals surface area contributed by atoms with Gasteiger partial charge in [-0.05, 0) is 49.2 Å². The lowest BCUT2D eigenvalue weighted by molar-refractivity contribution is 0.102. The summed E-state index contributed by atoms with van der Waals surface area (Å²) in [6, 6.07) is 14.9. The summed E-state index contributed by atoms with van der Waals surface area (Å²) < 4.78 is 1.86. The van der Waals surface area contributed by atoms with Gasteiger partial charge in [0.1, 0.15) is 0 Å². The molecule has 4 aromatic rings. The molecule has 0 saturated heterocycles. The van der Waals surface area contributed by atoms with Crippen molar-refractivity contribution in [2.24, 2.45) is 0 Å². The van der Waals surface area contributed by atoms with Crippen LogP contribution in [-0.2, 0) is 6.54 Å². The molecule has 0 unspecified atom stereocenters. The summed E-state index contributed by atoms with van der Waals surface area (Å²) in [5, 5.41) is 9.99. The van der Waals surface area contributed by atoms with Gasteiger partial charge < -0.3 is 5.32 Å². The maximum atomic E-state index is 12.6. The molecule has 0 aliphatic heterocycles. The number of fused-ring (bicyclic) bond motifs is 2. The van der Waals surface area contributed by atoms with Crippen molar-refractivity contribution < 1.29 is 4.79 Å². The fourth-order valence-electron chi connectivity index (χ4n) is 3.17. The molecule has 0 aliphatic carbocycles. The summed E-state index contributed by atoms with van der Waals surface area (Å²) in [4.78, 5) is 17.5. The third-order valence-corrected chi connectivity index (χ3v) is 4.77. The van der Waals surface area contributed by atoms with E-state index in [-0.39, 0.29) is 5.91 Å². The van der Waals surface area contributed by atoms with E-state index in [4.69, 9.17) is 16.6 Å². The van der Waals surface area contributed by atoms with Gasteiger partial charge in [0.25, 0.3) is 5.91 Å². The van der Waals surface area contributed by atoms with E-state index in [9.17, 15) is 4.79 Å². The summed E-state index contributed by atoms with van der Waals surface area (Å²) in [5.41, 5.74) is 3.38. The number of nitrogens with one attached hydrogen (secondary N) is 1. The van der Waals surface area contributed by atoms with Gasteiger partial charge in [-0.1, -0.05) is 36.7 Å². The first kappa shape index (κ1) is 17.5. The van der Waals surface area contributed by atoms with Gasteiger partial charge in [0.05, 0.1) is 10.9 Å². The van der Waals surface area contributed by atoms with E-state index < -0.39 is 0 Å². The van der Waals surface area contributed by atoms with Gasteiger partial charge in [-0.3, -0.25) is 4.79 Å². The molecule has 6 heteroatoms. The van der Waals surface area contributed by atoms with Crippen molar-refractivity contribution in [2.75, 3.05) is 5.32 Å². The van der Waals surface area contributed by atoms with E-state index in [0.29, 0.717) is 16.4 Å². The second-order valence-electron chi connectivity index (χ2n) is 6.54. The number of carbonyl (C=O) groups excluding carboxylic acids is 1. The van der Waals surface area contributed by atoms with Gasteiger partial charge in [-0.15, -0.1) is 0 Å². The Bertz CT molecular complexity index is 1150. The van der Waals surface area contributed by atoms with Crippen LogP contribution in [0.1, 0.15) is 29.3 Å². The first-order valence-corrected chi connectivity index (χ1v) is 9.28. The minimum atomic E-state index is -0.223. The normalized spacial score (nSPS) is 11.2. The van der Waals surface area contributed by atoms with Crippen LogP contribution in [-0.4, -0.2) is 20.7 Å². The molecule has 0 aliphatic rings. The fourth-order valence-corrected chi connectivity index (χ4v) is 3.30. The monoisotopic (exact) mass is 378 g/mol. The van der Waals surface area contributed by atoms with Gasteiger partial charge in [-0.2, -0.15) is 5.10 Å². The molecule has 136 valence electrons. The van der Waals surface area contributed by atoms with Gasteiger partial charge in [0.2, 0.25) is 0 Å². The number of benzene rings is 2. The van der Waals surface area contributed by atoms with E-state index in [1.165, 1.54) is 0 Å². The average Bonchev–Trinajstić information content (AvgIpc) is 2.98. The Morgan fingerprint density at radius 3 is 2.70 bits per heavy atom. The van der Waals surface area contributed by atoms with Crippen molar-refractivity contribution in [1.29, 1.82) is 0 Å². The second kappa shape index (κ2) is 7.00. The molecule has 1 N–H and O–H groups in total. The largest absolute Gasteiger partial charge is 0.305 e. The molecule has 4 rings (SSSR count). The highest BCUT2D eigenvalue weighted by Gasteiger charge is 2.16. The summed E-state index contributed by atoms with van der Waals surface area (Å²) in [6.45, 7) is 4.87. The predicted molar refractivity (Wildman–Crippen MR) is 109 cm³/mol. The molecule has 0 spiro atoms. The number of amides is 1. The topological polar surface area (TPSA) is 59.8 Å². The van der Waals surface area contributed by atoms with E-state index in [1.54, 1.807) is 24.3 Å². The molecule has 0 saturated carbocycles. The van der Waals surface area contributed by atoms with E-state index in [2.05, 4.69) is 17.3 Å². The number of pyridine rings is 1. The third kappa shape index (κ3) is 3.26. The van der Waals surface area contributed by atoms with Crippen LogP contribution >= 0.6 is 11.6 Å². The lowest BCUT2D eigenvalue weighted by Crippen LogP contribution is -2.12. The number of aromatic nitrogens is 3. The van der Waals surface area contributed by atoms with Crippen LogP contribution in [0.4, 0.5) is 5.82 Å². The van der Waals surface area contributed by atoms with Crippen molar-refractivity contribution in [1.82, 2.24) is 14.8 Å². The second-order valence-corrected chi connectivity index (χ2v) is 6.98. The number of halogens is 1. The molecular weight excluding hydrogens is 360 g/mol. The standard InChI is InChI=1S/C21H19ClN4O/c1-3-11-26-20-17(12-15-6-4-5-13(2)18(15)23-20)19(25-26)24-21(27)14-7-9-16(22)10-8-14/h4-10,12H,3,11H2,1-2H3,(H,24,25,27). The summed E-state index contributed by atoms with van der Waals surface area (Å²) in [6.07, 6.45) is 0.925. The van der Waals surface area contributed by atoms with Crippen LogP contribution in [0.2, 0.25) is 5.02 Å². The van der Waals surface area contributed by atoms with Gasteiger partial charge in [-0.25, -0.2) is 9.67 Å². The van der Waals surface area contributed by atoms with Crippen molar-refractivity contribution in [3.8, 4) is 0 Å². The van der Waals surface area contributed by atoms with E-state index >= 15 is 0 Å². The Morgan fingerprint density at radius 2 is 1.96 bits per heavy atom. The molecule has 5 nitrogen and oxygen atoms in total. The fraction of sp³-hybridized carbons (Fsp3) is 0.190. The lowest BCUT2D eigenvalue weighted by Gasteiger charge is -2.04. The number of carbonyl (C=O) groups is 1. The van der Waals surface area contributed by atoms with Crippen molar-refractivity contribution >= 4 is 45.3 Å². The molecule has 0 bridgehead atoms. The number of nitrogens with zero attached hydrogens (tertiary/aromatic N) is 3. The molecule has 0 atom stereocenters. The van der Waals surface area contributed by atoms with Crippen LogP contribution in [0.25, 0.3) is 21.9 Å². The molecule has 2 aromatic carbocycles. The Hall–Kier alpha value is -2.92. The molecule has 2 aromatic heterocycles. The predicted octanol–water partition coefficient (Wildman–Crippen LogP) is 5.21. The Morgan fingerprint density at radius 1 is 1.19 bits per heavy atom. The molecular formula is C21H19ClN4O. The molecule has 1 amide bonds. The minimum Gasteiger partial charge on any atom is -0.305 e. The van der Waals surface area contributed by atoms with Crippen LogP contribution in [0.15, 0.2) is 48.5 Å². The number of rotatable bonds is 4. The zero-order valence-electron chi connectivity index (χ0n) is 15.2. The number of aryl methyl sites for hydroxylation is 2. The molecule has 0 fully saturated rings. The van der Waals surface area contributed by atoms with Crippen molar-refractivity contribution in [3.05, 3.63) is 64.7 Å². The zero-order valence-corrected chi connectivity index (χ0v) is 15.9. The molecule has 27 heavy (non-hydrogen) atoms. The third-order valence-electron chi connectivity index (χ3n) is 4.52. The van der Waals surface area contributed by atoms with Crippen LogP contribution < -0.4 is 5.32 Å². The average molecular weight is 379 g/mol. The molecule has 2 heterocycles. The zero-order chi connectivity index (χ0) is 19.0. The maximum Gasteiger partial charge on any atom is 0.256 e. The Balaban J connectivity index is 1.82. The number of hydrogen-bond acceptors (Lipinski definition) is 3. The van der Waals surface area contributed by atoms with Crippen molar-refractivity contribution in [3.63, 3.8) is 0 Å². The highest BCUT2D eigenvalue weighted by atomic mass is 35.5. The van der Waals surface area contributed by atoms with Crippen LogP contribution in [0.5, 0.6) is 0 Å². The Kier molecular flexibility index (Phi) is 4.54. The van der Waals surface area contributed by atoms with Gasteiger partial charge in [0.15, 0.2) is 11.5 Å². The SMILES string of the molecule is CCCn1nc(NC(=O)c2ccc(Cl)cc2)c2cc3cccc(C)c3nc21. The smallest absolute Gasteiger partial charge is 0.256 e. The number of para-hydroxylation sites is 1. The quantitative estimate of drug-likeness (QED) is 0.530. The number of hydrogen-bond donors (Lipinski definition) is 1. The van der Waals surface area contributed by atoms with E-state index in [0.717, 1.165) is 40.5 Å². The summed E-state index contributed by atoms with van der Waals surface area (Å²) >= 11 is 5.91. The van der Waals surface area contributed by atoms with E-state index in [1.807, 2.05) is 35.9 Å². The van der Waals surface area contributed by atoms with Crippen molar-refractivity contribution in [2.45, 2.75) is 26.8 Å². The maximum absolute atomic E-state index is 12.6. The minimum absolute atomic E-state index is 0.223. The first-order chi connectivity index (χ1) is 13.1. The Labute approximate surface area is 162 Å².